The van der Waals surface area contributed by atoms with Crippen LogP contribution < -0.4 is 16.0 Å². The zero-order chi connectivity index (χ0) is 17.6. The fourth-order valence-corrected chi connectivity index (χ4v) is 3.00. The first-order valence-corrected chi connectivity index (χ1v) is 9.02. The summed E-state index contributed by atoms with van der Waals surface area (Å²) in [5, 5.41) is 3.98. The summed E-state index contributed by atoms with van der Waals surface area (Å²) in [7, 11) is 0. The van der Waals surface area contributed by atoms with Crippen LogP contribution in [0.4, 0.5) is 5.69 Å². The number of benzene rings is 1. The number of nitrogens with one attached hydrogen (secondary N) is 1. The summed E-state index contributed by atoms with van der Waals surface area (Å²) in [5.41, 5.74) is 7.06. The van der Waals surface area contributed by atoms with Crippen LogP contribution in [0.25, 0.3) is 0 Å². The van der Waals surface area contributed by atoms with E-state index in [1.807, 2.05) is 18.2 Å². The van der Waals surface area contributed by atoms with Crippen molar-refractivity contribution in [3.63, 3.8) is 0 Å². The summed E-state index contributed by atoms with van der Waals surface area (Å²) in [6, 6.07) is 8.10. The minimum absolute atomic E-state index is 0. The minimum atomic E-state index is -0.0375. The molecule has 0 saturated carbocycles. The monoisotopic (exact) mass is 479 g/mol. The zero-order valence-corrected chi connectivity index (χ0v) is 18.6. The second-order valence-electron chi connectivity index (χ2n) is 7.30. The van der Waals surface area contributed by atoms with Gasteiger partial charge >= 0.3 is 0 Å². The lowest BCUT2D eigenvalue weighted by atomic mass is 10.1. The van der Waals surface area contributed by atoms with Crippen molar-refractivity contribution in [1.29, 1.82) is 0 Å². The normalized spacial score (nSPS) is 16.5. The van der Waals surface area contributed by atoms with Crippen molar-refractivity contribution in [2.75, 3.05) is 44.2 Å². The first-order chi connectivity index (χ1) is 11.3. The number of hydrogen-bond acceptors (Lipinski definition) is 3. The molecule has 1 fully saturated rings. The van der Waals surface area contributed by atoms with Crippen LogP contribution in [0.1, 0.15) is 27.2 Å². The summed E-state index contributed by atoms with van der Waals surface area (Å²) >= 11 is 6.08. The van der Waals surface area contributed by atoms with Gasteiger partial charge < -0.3 is 16.0 Å². The molecule has 0 amide bonds. The third-order valence-corrected chi connectivity index (χ3v) is 4.20. The highest BCUT2D eigenvalue weighted by atomic mass is 127. The van der Waals surface area contributed by atoms with Gasteiger partial charge in [0.2, 0.25) is 0 Å². The topological polar surface area (TPSA) is 56.9 Å². The van der Waals surface area contributed by atoms with Gasteiger partial charge in [0.25, 0.3) is 0 Å². The molecule has 25 heavy (non-hydrogen) atoms. The molecule has 0 bridgehead atoms. The van der Waals surface area contributed by atoms with E-state index in [9.17, 15) is 0 Å². The second-order valence-corrected chi connectivity index (χ2v) is 7.74. The smallest absolute Gasteiger partial charge is 0.188 e. The van der Waals surface area contributed by atoms with E-state index < -0.39 is 0 Å². The van der Waals surface area contributed by atoms with Crippen molar-refractivity contribution in [3.05, 3.63) is 29.3 Å². The molecule has 7 heteroatoms. The first-order valence-electron chi connectivity index (χ1n) is 8.64. The largest absolute Gasteiger partial charge is 0.370 e. The second kappa shape index (κ2) is 10.4. The lowest BCUT2D eigenvalue weighted by Crippen LogP contribution is -2.47. The molecule has 0 aliphatic carbocycles. The third-order valence-electron chi connectivity index (χ3n) is 3.96. The number of nitrogens with zero attached hydrogens (tertiary/aromatic N) is 3. The third kappa shape index (κ3) is 8.46. The van der Waals surface area contributed by atoms with E-state index in [4.69, 9.17) is 17.3 Å². The molecule has 0 unspecified atom stereocenters. The number of nitrogens with two attached hydrogens (primary N) is 1. The van der Waals surface area contributed by atoms with E-state index in [2.05, 4.69) is 46.9 Å². The van der Waals surface area contributed by atoms with E-state index in [-0.39, 0.29) is 29.5 Å². The molecule has 0 radical (unpaired) electrons. The maximum absolute atomic E-state index is 6.08. The summed E-state index contributed by atoms with van der Waals surface area (Å²) in [5.74, 6) is 0.535. The fraction of sp³-hybridized carbons (Fsp3) is 0.611. The lowest BCUT2D eigenvalue weighted by molar-refractivity contribution is 0.256. The van der Waals surface area contributed by atoms with Crippen molar-refractivity contribution in [2.24, 2.45) is 10.7 Å². The Morgan fingerprint density at radius 3 is 2.52 bits per heavy atom. The van der Waals surface area contributed by atoms with Gasteiger partial charge in [0.15, 0.2) is 5.96 Å². The van der Waals surface area contributed by atoms with Gasteiger partial charge in [0, 0.05) is 55.5 Å². The summed E-state index contributed by atoms with van der Waals surface area (Å²) in [4.78, 5) is 9.28. The molecule has 1 aliphatic heterocycles. The highest BCUT2D eigenvalue weighted by molar-refractivity contribution is 14.0. The average Bonchev–Trinajstić information content (AvgIpc) is 2.50. The van der Waals surface area contributed by atoms with Gasteiger partial charge in [0.05, 0.1) is 0 Å². The van der Waals surface area contributed by atoms with Crippen LogP contribution in [0.3, 0.4) is 0 Å². The molecule has 3 N–H and O–H groups in total. The number of halogens is 2. The fourth-order valence-electron chi connectivity index (χ4n) is 2.82. The molecule has 2 rings (SSSR count). The molecule has 1 heterocycles. The van der Waals surface area contributed by atoms with E-state index >= 15 is 0 Å². The van der Waals surface area contributed by atoms with Gasteiger partial charge in [-0.3, -0.25) is 9.89 Å². The Balaban J connectivity index is 0.00000312. The molecule has 0 aromatic heterocycles. The van der Waals surface area contributed by atoms with Crippen molar-refractivity contribution in [1.82, 2.24) is 10.2 Å². The van der Waals surface area contributed by atoms with E-state index in [1.54, 1.807) is 0 Å². The highest BCUT2D eigenvalue weighted by Crippen LogP contribution is 2.20. The number of guanidine groups is 1. The maximum Gasteiger partial charge on any atom is 0.188 e. The summed E-state index contributed by atoms with van der Waals surface area (Å²) in [6.45, 7) is 12.3. The zero-order valence-electron chi connectivity index (χ0n) is 15.5. The molecule has 142 valence electrons. The van der Waals surface area contributed by atoms with Crippen molar-refractivity contribution in [3.8, 4) is 0 Å². The van der Waals surface area contributed by atoms with E-state index in [0.717, 1.165) is 50.7 Å². The number of anilines is 1. The molecule has 1 aromatic rings. The summed E-state index contributed by atoms with van der Waals surface area (Å²) < 4.78 is 0. The van der Waals surface area contributed by atoms with Crippen LogP contribution in [0.5, 0.6) is 0 Å². The SMILES string of the molecule is CC(C)(C)NC(N)=NCCCN1CCN(c2cccc(Cl)c2)CC1.I. The minimum Gasteiger partial charge on any atom is -0.370 e. The standard InChI is InChI=1S/C18H30ClN5.HI/c1-18(2,3)22-17(20)21-8-5-9-23-10-12-24(13-11-23)16-7-4-6-15(19)14-16;/h4,6-7,14H,5,8-13H2,1-3H3,(H3,20,21,22);1H. The summed E-state index contributed by atoms with van der Waals surface area (Å²) in [6.07, 6.45) is 1.03. The van der Waals surface area contributed by atoms with Crippen molar-refractivity contribution < 1.29 is 0 Å². The Bertz CT molecular complexity index is 551. The Hall–Kier alpha value is -0.730. The molecular formula is C18H31ClIN5. The number of aliphatic imine (C=N–C) groups is 1. The Labute approximate surface area is 174 Å². The van der Waals surface area contributed by atoms with Gasteiger partial charge in [-0.2, -0.15) is 0 Å². The Morgan fingerprint density at radius 2 is 1.92 bits per heavy atom. The number of hydrogen-bond donors (Lipinski definition) is 2. The van der Waals surface area contributed by atoms with Gasteiger partial charge in [-0.05, 0) is 45.4 Å². The Morgan fingerprint density at radius 1 is 1.24 bits per heavy atom. The number of rotatable bonds is 5. The lowest BCUT2D eigenvalue weighted by Gasteiger charge is -2.36. The van der Waals surface area contributed by atoms with E-state index in [1.165, 1.54) is 5.69 Å². The molecule has 1 aliphatic rings. The molecular weight excluding hydrogens is 449 g/mol. The van der Waals surface area contributed by atoms with Gasteiger partial charge in [-0.15, -0.1) is 24.0 Å². The maximum atomic E-state index is 6.08. The van der Waals surface area contributed by atoms with Crippen LogP contribution >= 0.6 is 35.6 Å². The molecule has 0 spiro atoms. The Kier molecular flexibility index (Phi) is 9.30. The van der Waals surface area contributed by atoms with Gasteiger partial charge in [-0.25, -0.2) is 0 Å². The van der Waals surface area contributed by atoms with Gasteiger partial charge in [-0.1, -0.05) is 17.7 Å². The van der Waals surface area contributed by atoms with Crippen LogP contribution in [-0.2, 0) is 0 Å². The molecule has 1 aromatic carbocycles. The molecule has 1 saturated heterocycles. The molecule has 5 nitrogen and oxygen atoms in total. The van der Waals surface area contributed by atoms with E-state index in [0.29, 0.717) is 5.96 Å². The first kappa shape index (κ1) is 22.3. The predicted octanol–water partition coefficient (Wildman–Crippen LogP) is 3.17. The van der Waals surface area contributed by atoms with Gasteiger partial charge in [0.1, 0.15) is 0 Å². The number of piperazine rings is 1. The van der Waals surface area contributed by atoms with Crippen LogP contribution in [0, 0.1) is 0 Å². The predicted molar refractivity (Wildman–Crippen MR) is 120 cm³/mol. The average molecular weight is 480 g/mol. The van der Waals surface area contributed by atoms with Crippen LogP contribution in [0.2, 0.25) is 5.02 Å². The molecule has 0 atom stereocenters. The van der Waals surface area contributed by atoms with Crippen LogP contribution in [-0.4, -0.2) is 55.7 Å². The van der Waals surface area contributed by atoms with Crippen molar-refractivity contribution in [2.45, 2.75) is 32.7 Å². The van der Waals surface area contributed by atoms with Crippen molar-refractivity contribution >= 4 is 47.2 Å². The highest BCUT2D eigenvalue weighted by Gasteiger charge is 2.17. The quantitative estimate of drug-likeness (QED) is 0.295. The van der Waals surface area contributed by atoms with Crippen LogP contribution in [0.15, 0.2) is 29.3 Å².